The second-order valence-electron chi connectivity index (χ2n) is 6.05. The minimum atomic E-state index is 0.477. The Morgan fingerprint density at radius 2 is 1.86 bits per heavy atom. The molecule has 1 saturated heterocycles. The second-order valence-corrected chi connectivity index (χ2v) is 6.05. The molecule has 2 rings (SSSR count). The van der Waals surface area contributed by atoms with Crippen molar-refractivity contribution in [3.8, 4) is 0 Å². The van der Waals surface area contributed by atoms with E-state index in [0.717, 1.165) is 38.6 Å². The number of hydrogen-bond acceptors (Lipinski definition) is 3. The lowest BCUT2D eigenvalue weighted by Gasteiger charge is -2.28. The molecule has 1 N–H and O–H groups in total. The summed E-state index contributed by atoms with van der Waals surface area (Å²) in [6.07, 6.45) is 3.52. The first-order chi connectivity index (χ1) is 10.2. The Hall–Kier alpha value is -1.06. The zero-order valence-electron chi connectivity index (χ0n) is 13.8. The van der Waals surface area contributed by atoms with Crippen molar-refractivity contribution in [3.63, 3.8) is 0 Å². The van der Waals surface area contributed by atoms with E-state index >= 15 is 0 Å². The van der Waals surface area contributed by atoms with Gasteiger partial charge in [0.25, 0.3) is 0 Å². The first-order valence-corrected chi connectivity index (χ1v) is 8.36. The number of rotatable bonds is 7. The fraction of sp³-hybridized carbons (Fsp3) is 0.667. The lowest BCUT2D eigenvalue weighted by molar-refractivity contribution is 0.0685. The average molecular weight is 290 g/mol. The van der Waals surface area contributed by atoms with Gasteiger partial charge in [-0.2, -0.15) is 0 Å². The molecule has 0 spiro atoms. The molecule has 0 aliphatic carbocycles. The molecule has 1 fully saturated rings. The van der Waals surface area contributed by atoms with Crippen LogP contribution in [0.1, 0.15) is 44.7 Å². The van der Waals surface area contributed by atoms with Gasteiger partial charge in [-0.1, -0.05) is 26.0 Å². The van der Waals surface area contributed by atoms with Crippen molar-refractivity contribution >= 4 is 5.69 Å². The minimum Gasteiger partial charge on any atom is -0.381 e. The summed E-state index contributed by atoms with van der Waals surface area (Å²) < 4.78 is 5.44. The van der Waals surface area contributed by atoms with Crippen LogP contribution in [0.4, 0.5) is 5.69 Å². The highest BCUT2D eigenvalue weighted by molar-refractivity contribution is 5.47. The van der Waals surface area contributed by atoms with E-state index in [9.17, 15) is 0 Å². The molecule has 0 radical (unpaired) electrons. The van der Waals surface area contributed by atoms with Gasteiger partial charge in [-0.15, -0.1) is 0 Å². The quantitative estimate of drug-likeness (QED) is 0.830. The predicted octanol–water partition coefficient (Wildman–Crippen LogP) is 3.61. The van der Waals surface area contributed by atoms with Gasteiger partial charge in [0.05, 0.1) is 0 Å². The van der Waals surface area contributed by atoms with Crippen LogP contribution in [-0.2, 0) is 4.74 Å². The third-order valence-corrected chi connectivity index (χ3v) is 4.47. The Morgan fingerprint density at radius 1 is 1.19 bits per heavy atom. The van der Waals surface area contributed by atoms with Crippen LogP contribution < -0.4 is 10.2 Å². The first kappa shape index (κ1) is 16.3. The largest absolute Gasteiger partial charge is 0.381 e. The minimum absolute atomic E-state index is 0.477. The summed E-state index contributed by atoms with van der Waals surface area (Å²) >= 11 is 0. The van der Waals surface area contributed by atoms with Gasteiger partial charge >= 0.3 is 0 Å². The smallest absolute Gasteiger partial charge is 0.0469 e. The van der Waals surface area contributed by atoms with Crippen LogP contribution in [0, 0.1) is 5.92 Å². The van der Waals surface area contributed by atoms with Crippen LogP contribution in [0.25, 0.3) is 0 Å². The van der Waals surface area contributed by atoms with E-state index in [1.54, 1.807) is 0 Å². The topological polar surface area (TPSA) is 24.5 Å². The summed E-state index contributed by atoms with van der Waals surface area (Å²) in [6, 6.07) is 9.53. The van der Waals surface area contributed by atoms with Crippen LogP contribution in [0.2, 0.25) is 0 Å². The zero-order chi connectivity index (χ0) is 15.1. The predicted molar refractivity (Wildman–Crippen MR) is 90.0 cm³/mol. The summed E-state index contributed by atoms with van der Waals surface area (Å²) in [4.78, 5) is 2.38. The molecule has 0 aromatic heterocycles. The van der Waals surface area contributed by atoms with Gasteiger partial charge in [0.1, 0.15) is 0 Å². The molecule has 1 aliphatic rings. The van der Waals surface area contributed by atoms with E-state index in [1.807, 2.05) is 0 Å². The Bertz CT molecular complexity index is 398. The molecule has 3 heteroatoms. The van der Waals surface area contributed by atoms with E-state index in [2.05, 4.69) is 55.4 Å². The maximum atomic E-state index is 5.44. The normalized spacial score (nSPS) is 17.7. The summed E-state index contributed by atoms with van der Waals surface area (Å²) in [6.45, 7) is 8.41. The monoisotopic (exact) mass is 290 g/mol. The number of ether oxygens (including phenoxy) is 1. The van der Waals surface area contributed by atoms with E-state index in [0.29, 0.717) is 6.04 Å². The zero-order valence-corrected chi connectivity index (χ0v) is 13.8. The number of anilines is 1. The van der Waals surface area contributed by atoms with Gasteiger partial charge in [0, 0.05) is 38.5 Å². The van der Waals surface area contributed by atoms with Crippen molar-refractivity contribution in [1.29, 1.82) is 0 Å². The molecule has 0 saturated carbocycles. The molecule has 0 amide bonds. The maximum Gasteiger partial charge on any atom is 0.0469 e. The van der Waals surface area contributed by atoms with Gasteiger partial charge in [-0.3, -0.25) is 0 Å². The number of hydrogen-bond donors (Lipinski definition) is 1. The highest BCUT2D eigenvalue weighted by Crippen LogP contribution is 2.23. The lowest BCUT2D eigenvalue weighted by atomic mass is 9.99. The summed E-state index contributed by atoms with van der Waals surface area (Å²) in [5.74, 6) is 0.772. The van der Waals surface area contributed by atoms with Crippen molar-refractivity contribution in [1.82, 2.24) is 5.32 Å². The summed E-state index contributed by atoms with van der Waals surface area (Å²) in [5, 5.41) is 3.54. The lowest BCUT2D eigenvalue weighted by Crippen LogP contribution is -2.29. The van der Waals surface area contributed by atoms with Gasteiger partial charge in [0.15, 0.2) is 0 Å². The Kier molecular flexibility index (Phi) is 6.52. The van der Waals surface area contributed by atoms with Crippen molar-refractivity contribution in [2.45, 2.75) is 39.2 Å². The molecule has 1 unspecified atom stereocenters. The molecule has 1 aromatic carbocycles. The molecule has 0 bridgehead atoms. The molecule has 3 nitrogen and oxygen atoms in total. The third kappa shape index (κ3) is 4.72. The Balaban J connectivity index is 1.93. The van der Waals surface area contributed by atoms with Crippen LogP contribution in [0.3, 0.4) is 0 Å². The van der Waals surface area contributed by atoms with E-state index in [4.69, 9.17) is 4.74 Å². The summed E-state index contributed by atoms with van der Waals surface area (Å²) in [5.41, 5.74) is 2.71. The Morgan fingerprint density at radius 3 is 2.43 bits per heavy atom. The van der Waals surface area contributed by atoms with Crippen LogP contribution in [-0.4, -0.2) is 33.4 Å². The molecule has 1 heterocycles. The molecule has 21 heavy (non-hydrogen) atoms. The van der Waals surface area contributed by atoms with Gasteiger partial charge in [0.2, 0.25) is 0 Å². The van der Waals surface area contributed by atoms with E-state index < -0.39 is 0 Å². The number of nitrogens with zero attached hydrogens (tertiary/aromatic N) is 1. The van der Waals surface area contributed by atoms with Crippen LogP contribution in [0.5, 0.6) is 0 Å². The van der Waals surface area contributed by atoms with Gasteiger partial charge in [-0.05, 0) is 49.4 Å². The van der Waals surface area contributed by atoms with Crippen LogP contribution in [0.15, 0.2) is 24.3 Å². The number of benzene rings is 1. The molecule has 1 aliphatic heterocycles. The fourth-order valence-electron chi connectivity index (χ4n) is 3.13. The standard InChI is InChI=1S/C18H30N2O/c1-4-18(19-5-2)16-6-8-17(9-7-16)20(3)14-15-10-12-21-13-11-15/h6-9,15,18-19H,4-5,10-14H2,1-3H3. The first-order valence-electron chi connectivity index (χ1n) is 8.36. The van der Waals surface area contributed by atoms with E-state index in [1.165, 1.54) is 24.1 Å². The van der Waals surface area contributed by atoms with Crippen molar-refractivity contribution < 1.29 is 4.74 Å². The Labute approximate surface area is 129 Å². The fourth-order valence-corrected chi connectivity index (χ4v) is 3.13. The highest BCUT2D eigenvalue weighted by atomic mass is 16.5. The molecular formula is C18H30N2O. The van der Waals surface area contributed by atoms with Crippen molar-refractivity contribution in [3.05, 3.63) is 29.8 Å². The van der Waals surface area contributed by atoms with Crippen molar-refractivity contribution in [2.24, 2.45) is 5.92 Å². The molecule has 118 valence electrons. The SMILES string of the molecule is CCNC(CC)c1ccc(N(C)CC2CCOCC2)cc1. The third-order valence-electron chi connectivity index (χ3n) is 4.47. The van der Waals surface area contributed by atoms with Gasteiger partial charge in [-0.25, -0.2) is 0 Å². The molecule has 1 atom stereocenters. The van der Waals surface area contributed by atoms with E-state index in [-0.39, 0.29) is 0 Å². The van der Waals surface area contributed by atoms with Gasteiger partial charge < -0.3 is 15.0 Å². The second kappa shape index (κ2) is 8.40. The average Bonchev–Trinajstić information content (AvgIpc) is 2.54. The van der Waals surface area contributed by atoms with Crippen molar-refractivity contribution in [2.75, 3.05) is 38.3 Å². The maximum absolute atomic E-state index is 5.44. The van der Waals surface area contributed by atoms with Crippen LogP contribution >= 0.6 is 0 Å². The molecule has 1 aromatic rings. The summed E-state index contributed by atoms with van der Waals surface area (Å²) in [7, 11) is 2.20. The highest BCUT2D eigenvalue weighted by Gasteiger charge is 2.16. The number of nitrogens with one attached hydrogen (secondary N) is 1. The molecular weight excluding hydrogens is 260 g/mol.